The standard InChI is InChI=1S/C15H19FN2O3/c1-10(11-2-4-13(16)5-3-11)8-17-15(21)18-7-6-12(9-18)14(19)20/h2-5,10,12H,6-9H2,1H3,(H,17,21)(H,19,20). The minimum absolute atomic E-state index is 0.0624. The van der Waals surface area contributed by atoms with Crippen LogP contribution in [0.1, 0.15) is 24.8 Å². The predicted molar refractivity (Wildman–Crippen MR) is 75.5 cm³/mol. The highest BCUT2D eigenvalue weighted by Crippen LogP contribution is 2.17. The van der Waals surface area contributed by atoms with E-state index >= 15 is 0 Å². The number of nitrogens with one attached hydrogen (secondary N) is 1. The lowest BCUT2D eigenvalue weighted by Crippen LogP contribution is -2.40. The van der Waals surface area contributed by atoms with Crippen molar-refractivity contribution < 1.29 is 19.1 Å². The molecule has 0 spiro atoms. The van der Waals surface area contributed by atoms with Crippen molar-refractivity contribution in [1.82, 2.24) is 10.2 Å². The number of halogens is 1. The Morgan fingerprint density at radius 2 is 2.10 bits per heavy atom. The Bertz CT molecular complexity index is 518. The highest BCUT2D eigenvalue weighted by atomic mass is 19.1. The van der Waals surface area contributed by atoms with Crippen LogP contribution in [0.2, 0.25) is 0 Å². The fraction of sp³-hybridized carbons (Fsp3) is 0.467. The average Bonchev–Trinajstić information content (AvgIpc) is 2.95. The quantitative estimate of drug-likeness (QED) is 0.893. The average molecular weight is 294 g/mol. The van der Waals surface area contributed by atoms with Gasteiger partial charge in [0.05, 0.1) is 5.92 Å². The second kappa shape index (κ2) is 6.56. The molecule has 1 aliphatic heterocycles. The maximum atomic E-state index is 12.8. The number of carboxylic acids is 1. The van der Waals surface area contributed by atoms with E-state index in [4.69, 9.17) is 5.11 Å². The minimum Gasteiger partial charge on any atom is -0.481 e. The van der Waals surface area contributed by atoms with Crippen LogP contribution in [0.3, 0.4) is 0 Å². The van der Waals surface area contributed by atoms with Gasteiger partial charge in [-0.1, -0.05) is 19.1 Å². The van der Waals surface area contributed by atoms with Crippen LogP contribution >= 0.6 is 0 Å². The molecule has 0 radical (unpaired) electrons. The molecule has 0 aliphatic carbocycles. The number of carboxylic acid groups (broad SMARTS) is 1. The summed E-state index contributed by atoms with van der Waals surface area (Å²) in [5, 5.41) is 11.7. The van der Waals surface area contributed by atoms with E-state index < -0.39 is 11.9 Å². The Hall–Kier alpha value is -2.11. The van der Waals surface area contributed by atoms with Crippen molar-refractivity contribution in [3.05, 3.63) is 35.6 Å². The molecule has 2 amide bonds. The molecule has 2 unspecified atom stereocenters. The van der Waals surface area contributed by atoms with Crippen LogP contribution in [0.4, 0.5) is 9.18 Å². The predicted octanol–water partition coefficient (Wildman–Crippen LogP) is 2.05. The fourth-order valence-electron chi connectivity index (χ4n) is 2.41. The number of benzene rings is 1. The molecule has 2 N–H and O–H groups in total. The fourth-order valence-corrected chi connectivity index (χ4v) is 2.41. The number of aliphatic carboxylic acids is 1. The van der Waals surface area contributed by atoms with Crippen LogP contribution in [0.15, 0.2) is 24.3 Å². The molecular formula is C15H19FN2O3. The molecule has 5 nitrogen and oxygen atoms in total. The third-order valence-corrected chi connectivity index (χ3v) is 3.82. The van der Waals surface area contributed by atoms with Gasteiger partial charge in [-0.05, 0) is 30.0 Å². The number of nitrogens with zero attached hydrogens (tertiary/aromatic N) is 1. The first-order valence-electron chi connectivity index (χ1n) is 6.98. The van der Waals surface area contributed by atoms with E-state index in [9.17, 15) is 14.0 Å². The summed E-state index contributed by atoms with van der Waals surface area (Å²) >= 11 is 0. The summed E-state index contributed by atoms with van der Waals surface area (Å²) in [5.74, 6) is -1.55. The number of amides is 2. The zero-order valence-electron chi connectivity index (χ0n) is 11.9. The van der Waals surface area contributed by atoms with Gasteiger partial charge in [-0.15, -0.1) is 0 Å². The normalized spacial score (nSPS) is 19.3. The Kier molecular flexibility index (Phi) is 4.77. The van der Waals surface area contributed by atoms with E-state index in [-0.39, 0.29) is 24.3 Å². The van der Waals surface area contributed by atoms with E-state index in [1.54, 1.807) is 12.1 Å². The van der Waals surface area contributed by atoms with Crippen molar-refractivity contribution in [2.24, 2.45) is 5.92 Å². The summed E-state index contributed by atoms with van der Waals surface area (Å²) in [4.78, 5) is 24.3. The molecule has 1 aliphatic rings. The van der Waals surface area contributed by atoms with Crippen molar-refractivity contribution >= 4 is 12.0 Å². The molecule has 21 heavy (non-hydrogen) atoms. The van der Waals surface area contributed by atoms with E-state index in [0.717, 1.165) is 5.56 Å². The molecule has 1 fully saturated rings. The Labute approximate surface area is 122 Å². The van der Waals surface area contributed by atoms with E-state index in [1.807, 2.05) is 6.92 Å². The van der Waals surface area contributed by atoms with Crippen molar-refractivity contribution in [2.45, 2.75) is 19.3 Å². The molecule has 114 valence electrons. The first-order valence-corrected chi connectivity index (χ1v) is 6.98. The minimum atomic E-state index is -0.856. The molecule has 2 rings (SSSR count). The molecule has 2 atom stereocenters. The highest BCUT2D eigenvalue weighted by Gasteiger charge is 2.30. The number of rotatable bonds is 4. The van der Waals surface area contributed by atoms with Crippen LogP contribution in [0.25, 0.3) is 0 Å². The van der Waals surface area contributed by atoms with Gasteiger partial charge in [0.25, 0.3) is 0 Å². The number of carbonyl (C=O) groups excluding carboxylic acids is 1. The van der Waals surface area contributed by atoms with Gasteiger partial charge in [-0.3, -0.25) is 4.79 Å². The van der Waals surface area contributed by atoms with Gasteiger partial charge >= 0.3 is 12.0 Å². The Morgan fingerprint density at radius 3 is 2.67 bits per heavy atom. The van der Waals surface area contributed by atoms with E-state index in [1.165, 1.54) is 17.0 Å². The maximum absolute atomic E-state index is 12.8. The smallest absolute Gasteiger partial charge is 0.317 e. The summed E-state index contributed by atoms with van der Waals surface area (Å²) < 4.78 is 12.8. The molecule has 1 saturated heterocycles. The van der Waals surface area contributed by atoms with Gasteiger partial charge in [0.2, 0.25) is 0 Å². The molecule has 1 aromatic carbocycles. The maximum Gasteiger partial charge on any atom is 0.317 e. The van der Waals surface area contributed by atoms with Gasteiger partial charge in [0.1, 0.15) is 5.82 Å². The van der Waals surface area contributed by atoms with Crippen LogP contribution in [0, 0.1) is 11.7 Å². The SMILES string of the molecule is CC(CNC(=O)N1CCC(C(=O)O)C1)c1ccc(F)cc1. The number of urea groups is 1. The Morgan fingerprint density at radius 1 is 1.43 bits per heavy atom. The summed E-state index contributed by atoms with van der Waals surface area (Å²) in [7, 11) is 0. The topological polar surface area (TPSA) is 69.6 Å². The zero-order chi connectivity index (χ0) is 15.4. The van der Waals surface area contributed by atoms with Gasteiger partial charge in [-0.2, -0.15) is 0 Å². The van der Waals surface area contributed by atoms with Gasteiger partial charge < -0.3 is 15.3 Å². The van der Waals surface area contributed by atoms with E-state index in [0.29, 0.717) is 19.5 Å². The first-order chi connectivity index (χ1) is 9.97. The summed E-state index contributed by atoms with van der Waals surface area (Å²) in [5.41, 5.74) is 0.946. The number of likely N-dealkylation sites (tertiary alicyclic amines) is 1. The van der Waals surface area contributed by atoms with Crippen LogP contribution in [-0.2, 0) is 4.79 Å². The third kappa shape index (κ3) is 3.93. The monoisotopic (exact) mass is 294 g/mol. The van der Waals surface area contributed by atoms with Gasteiger partial charge in [0, 0.05) is 19.6 Å². The Balaban J connectivity index is 1.81. The highest BCUT2D eigenvalue weighted by molar-refractivity contribution is 5.77. The van der Waals surface area contributed by atoms with Gasteiger partial charge in [-0.25, -0.2) is 9.18 Å². The molecule has 0 aromatic heterocycles. The largest absolute Gasteiger partial charge is 0.481 e. The summed E-state index contributed by atoms with van der Waals surface area (Å²) in [6, 6.07) is 5.94. The molecule has 6 heteroatoms. The van der Waals surface area contributed by atoms with Crippen LogP contribution < -0.4 is 5.32 Å². The molecule has 0 bridgehead atoms. The number of hydrogen-bond acceptors (Lipinski definition) is 2. The lowest BCUT2D eigenvalue weighted by atomic mass is 10.0. The van der Waals surface area contributed by atoms with Crippen molar-refractivity contribution in [1.29, 1.82) is 0 Å². The van der Waals surface area contributed by atoms with Crippen molar-refractivity contribution in [3.63, 3.8) is 0 Å². The molecule has 1 heterocycles. The number of carbonyl (C=O) groups is 2. The third-order valence-electron chi connectivity index (χ3n) is 3.82. The van der Waals surface area contributed by atoms with Crippen LogP contribution in [-0.4, -0.2) is 41.6 Å². The zero-order valence-corrected chi connectivity index (χ0v) is 11.9. The molecular weight excluding hydrogens is 275 g/mol. The lowest BCUT2D eigenvalue weighted by molar-refractivity contribution is -0.141. The second-order valence-corrected chi connectivity index (χ2v) is 5.41. The van der Waals surface area contributed by atoms with E-state index in [2.05, 4.69) is 5.32 Å². The first kappa shape index (κ1) is 15.3. The lowest BCUT2D eigenvalue weighted by Gasteiger charge is -2.19. The molecule has 0 saturated carbocycles. The number of hydrogen-bond donors (Lipinski definition) is 2. The van der Waals surface area contributed by atoms with Crippen molar-refractivity contribution in [2.75, 3.05) is 19.6 Å². The van der Waals surface area contributed by atoms with Crippen molar-refractivity contribution in [3.8, 4) is 0 Å². The molecule has 1 aromatic rings. The van der Waals surface area contributed by atoms with Gasteiger partial charge in [0.15, 0.2) is 0 Å². The summed E-state index contributed by atoms with van der Waals surface area (Å²) in [6.45, 7) is 3.09. The van der Waals surface area contributed by atoms with Crippen LogP contribution in [0.5, 0.6) is 0 Å². The summed E-state index contributed by atoms with van der Waals surface area (Å²) in [6.07, 6.45) is 0.496. The second-order valence-electron chi connectivity index (χ2n) is 5.41.